The maximum absolute atomic E-state index is 12.8. The second-order valence-electron chi connectivity index (χ2n) is 6.33. The average molecular weight is 377 g/mol. The number of hydrogen-bond donors (Lipinski definition) is 2. The van der Waals surface area contributed by atoms with Crippen LogP contribution in [0, 0.1) is 6.92 Å². The smallest absolute Gasteiger partial charge is 0.244 e. The number of para-hydroxylation sites is 1. The largest absolute Gasteiger partial charge is 0.493 e. The summed E-state index contributed by atoms with van der Waals surface area (Å²) in [7, 11) is -3.85. The molecule has 3 rings (SSSR count). The van der Waals surface area contributed by atoms with Gasteiger partial charge in [0.15, 0.2) is 0 Å². The summed E-state index contributed by atoms with van der Waals surface area (Å²) in [6, 6.07) is 12.1. The highest BCUT2D eigenvalue weighted by atomic mass is 32.2. The molecule has 7 heteroatoms. The highest BCUT2D eigenvalue weighted by molar-refractivity contribution is 7.89. The minimum atomic E-state index is -3.85. The van der Waals surface area contributed by atoms with E-state index in [4.69, 9.17) is 9.47 Å². The predicted octanol–water partition coefficient (Wildman–Crippen LogP) is 2.34. The first-order chi connectivity index (χ1) is 12.4. The Labute approximate surface area is 153 Å². The van der Waals surface area contributed by atoms with Crippen LogP contribution in [0.5, 0.6) is 11.5 Å². The van der Waals surface area contributed by atoms with E-state index in [1.165, 1.54) is 0 Å². The molecule has 1 aliphatic heterocycles. The Morgan fingerprint density at radius 1 is 1.27 bits per heavy atom. The first kappa shape index (κ1) is 18.7. The van der Waals surface area contributed by atoms with Gasteiger partial charge in [-0.3, -0.25) is 0 Å². The highest BCUT2D eigenvalue weighted by Gasteiger charge is 2.37. The Kier molecular flexibility index (Phi) is 5.22. The second-order valence-corrected chi connectivity index (χ2v) is 8.07. The molecule has 1 unspecified atom stereocenters. The molecule has 0 radical (unpaired) electrons. The van der Waals surface area contributed by atoms with Crippen LogP contribution >= 0.6 is 0 Å². The number of aryl methyl sites for hydroxylation is 1. The molecule has 1 aliphatic rings. The Morgan fingerprint density at radius 2 is 2.04 bits per heavy atom. The summed E-state index contributed by atoms with van der Waals surface area (Å²) in [4.78, 5) is 0.0725. The fraction of sp³-hybridized carbons (Fsp3) is 0.368. The third-order valence-corrected chi connectivity index (χ3v) is 5.83. The van der Waals surface area contributed by atoms with Crippen LogP contribution in [0.2, 0.25) is 0 Å². The van der Waals surface area contributed by atoms with E-state index in [0.717, 1.165) is 5.56 Å². The molecular weight excluding hydrogens is 354 g/mol. The second kappa shape index (κ2) is 7.26. The Bertz CT molecular complexity index is 897. The lowest BCUT2D eigenvalue weighted by molar-refractivity contribution is 0.00218. The van der Waals surface area contributed by atoms with Crippen molar-refractivity contribution in [3.63, 3.8) is 0 Å². The molecular formula is C19H23NO5S. The lowest BCUT2D eigenvalue weighted by Crippen LogP contribution is -2.43. The molecule has 2 aromatic rings. The maximum atomic E-state index is 12.8. The predicted molar refractivity (Wildman–Crippen MR) is 98.0 cm³/mol. The summed E-state index contributed by atoms with van der Waals surface area (Å²) in [5.74, 6) is 0.871. The maximum Gasteiger partial charge on any atom is 0.244 e. The number of nitrogens with one attached hydrogen (secondary N) is 1. The molecule has 0 aliphatic carbocycles. The minimum absolute atomic E-state index is 0.0725. The topological polar surface area (TPSA) is 84.9 Å². The molecule has 6 nitrogen and oxygen atoms in total. The zero-order valence-electron chi connectivity index (χ0n) is 14.9. The number of aliphatic hydroxyl groups is 1. The van der Waals surface area contributed by atoms with Gasteiger partial charge in [0.2, 0.25) is 10.0 Å². The van der Waals surface area contributed by atoms with Crippen LogP contribution < -0.4 is 14.2 Å². The van der Waals surface area contributed by atoms with Crippen molar-refractivity contribution < 1.29 is 23.0 Å². The van der Waals surface area contributed by atoms with E-state index in [1.807, 2.05) is 13.0 Å². The lowest BCUT2D eigenvalue weighted by Gasteiger charge is -2.34. The standard InChI is InChI=1S/C19H23NO5S/c1-3-24-17-9-8-14(2)12-18(17)26(22,23)20-13-19(21)10-11-25-16-7-5-4-6-15(16)19/h4-9,12,20-21H,3,10-11,13H2,1-2H3. The van der Waals surface area contributed by atoms with E-state index in [0.29, 0.717) is 36.7 Å². The normalized spacial score (nSPS) is 19.5. The third-order valence-electron chi connectivity index (χ3n) is 4.40. The Hall–Kier alpha value is -2.09. The van der Waals surface area contributed by atoms with Gasteiger partial charge in [0.25, 0.3) is 0 Å². The molecule has 0 aromatic heterocycles. The van der Waals surface area contributed by atoms with Crippen LogP contribution in [0.4, 0.5) is 0 Å². The van der Waals surface area contributed by atoms with E-state index in [1.54, 1.807) is 43.3 Å². The van der Waals surface area contributed by atoms with E-state index >= 15 is 0 Å². The van der Waals surface area contributed by atoms with Crippen molar-refractivity contribution in [3.05, 3.63) is 53.6 Å². The molecule has 140 valence electrons. The summed E-state index contributed by atoms with van der Waals surface area (Å²) in [6.45, 7) is 4.15. The van der Waals surface area contributed by atoms with Gasteiger partial charge in [0, 0.05) is 18.5 Å². The monoisotopic (exact) mass is 377 g/mol. The van der Waals surface area contributed by atoms with Crippen LogP contribution in [-0.4, -0.2) is 33.3 Å². The van der Waals surface area contributed by atoms with Gasteiger partial charge in [-0.2, -0.15) is 0 Å². The van der Waals surface area contributed by atoms with Crippen LogP contribution in [0.15, 0.2) is 47.4 Å². The van der Waals surface area contributed by atoms with E-state index in [9.17, 15) is 13.5 Å². The van der Waals surface area contributed by atoms with Gasteiger partial charge >= 0.3 is 0 Å². The first-order valence-electron chi connectivity index (χ1n) is 8.53. The fourth-order valence-corrected chi connectivity index (χ4v) is 4.33. The molecule has 0 saturated heterocycles. The van der Waals surface area contributed by atoms with Gasteiger partial charge < -0.3 is 14.6 Å². The summed E-state index contributed by atoms with van der Waals surface area (Å²) in [5.41, 5.74) is 0.0736. The molecule has 0 bridgehead atoms. The van der Waals surface area contributed by atoms with Crippen molar-refractivity contribution in [3.8, 4) is 11.5 Å². The van der Waals surface area contributed by atoms with Crippen LogP contribution in [0.25, 0.3) is 0 Å². The number of hydrogen-bond acceptors (Lipinski definition) is 5. The third kappa shape index (κ3) is 3.70. The van der Waals surface area contributed by atoms with Gasteiger partial charge in [-0.15, -0.1) is 0 Å². The van der Waals surface area contributed by atoms with Gasteiger partial charge in [-0.05, 0) is 37.6 Å². The summed E-state index contributed by atoms with van der Waals surface area (Å²) in [6.07, 6.45) is 0.304. The van der Waals surface area contributed by atoms with E-state index in [-0.39, 0.29) is 11.4 Å². The van der Waals surface area contributed by atoms with Crippen molar-refractivity contribution in [2.45, 2.75) is 30.8 Å². The zero-order valence-corrected chi connectivity index (χ0v) is 15.7. The molecule has 0 amide bonds. The van der Waals surface area contributed by atoms with Crippen molar-refractivity contribution >= 4 is 10.0 Å². The Morgan fingerprint density at radius 3 is 2.81 bits per heavy atom. The van der Waals surface area contributed by atoms with Crippen molar-refractivity contribution in [2.75, 3.05) is 19.8 Å². The molecule has 1 atom stereocenters. The van der Waals surface area contributed by atoms with Gasteiger partial charge in [-0.25, -0.2) is 13.1 Å². The lowest BCUT2D eigenvalue weighted by atomic mass is 9.88. The quantitative estimate of drug-likeness (QED) is 0.807. The molecule has 0 saturated carbocycles. The molecule has 0 fully saturated rings. The number of rotatable bonds is 6. The summed E-state index contributed by atoms with van der Waals surface area (Å²) < 4.78 is 39.2. The van der Waals surface area contributed by atoms with Crippen molar-refractivity contribution in [1.82, 2.24) is 4.72 Å². The SMILES string of the molecule is CCOc1ccc(C)cc1S(=O)(=O)NCC1(O)CCOc2ccccc21. The zero-order chi connectivity index (χ0) is 18.8. The molecule has 0 spiro atoms. The number of ether oxygens (including phenoxy) is 2. The Balaban J connectivity index is 1.87. The summed E-state index contributed by atoms with van der Waals surface area (Å²) >= 11 is 0. The molecule has 2 N–H and O–H groups in total. The number of benzene rings is 2. The van der Waals surface area contributed by atoms with Gasteiger partial charge in [0.1, 0.15) is 22.0 Å². The van der Waals surface area contributed by atoms with Crippen LogP contribution in [-0.2, 0) is 15.6 Å². The van der Waals surface area contributed by atoms with Gasteiger partial charge in [0.05, 0.1) is 13.2 Å². The molecule has 26 heavy (non-hydrogen) atoms. The van der Waals surface area contributed by atoms with Crippen LogP contribution in [0.1, 0.15) is 24.5 Å². The molecule has 1 heterocycles. The fourth-order valence-electron chi connectivity index (χ4n) is 3.02. The van der Waals surface area contributed by atoms with Crippen LogP contribution in [0.3, 0.4) is 0 Å². The number of fused-ring (bicyclic) bond motifs is 1. The van der Waals surface area contributed by atoms with Gasteiger partial charge in [-0.1, -0.05) is 24.3 Å². The average Bonchev–Trinajstić information content (AvgIpc) is 2.62. The first-order valence-corrected chi connectivity index (χ1v) is 10.0. The van der Waals surface area contributed by atoms with Crippen molar-refractivity contribution in [1.29, 1.82) is 0 Å². The molecule has 2 aromatic carbocycles. The van der Waals surface area contributed by atoms with E-state index in [2.05, 4.69) is 4.72 Å². The van der Waals surface area contributed by atoms with E-state index < -0.39 is 15.6 Å². The highest BCUT2D eigenvalue weighted by Crippen LogP contribution is 2.36. The van der Waals surface area contributed by atoms with Crippen molar-refractivity contribution in [2.24, 2.45) is 0 Å². The summed E-state index contributed by atoms with van der Waals surface area (Å²) in [5, 5.41) is 11.0. The minimum Gasteiger partial charge on any atom is -0.493 e. The number of sulfonamides is 1.